The van der Waals surface area contributed by atoms with Crippen molar-refractivity contribution in [2.45, 2.75) is 0 Å². The highest BCUT2D eigenvalue weighted by molar-refractivity contribution is 5.18. The summed E-state index contributed by atoms with van der Waals surface area (Å²) in [4.78, 5) is 9.05. The molecule has 0 aliphatic rings. The summed E-state index contributed by atoms with van der Waals surface area (Å²) in [7, 11) is 1.46. The third-order valence-corrected chi connectivity index (χ3v) is 0.854. The minimum atomic E-state index is 0.597. The Kier molecular flexibility index (Phi) is 2.10. The first-order chi connectivity index (χ1) is 4.43. The van der Waals surface area contributed by atoms with Crippen LogP contribution in [0.5, 0.6) is 5.75 Å². The van der Waals surface area contributed by atoms with Gasteiger partial charge in [0, 0.05) is 6.07 Å². The zero-order valence-corrected chi connectivity index (χ0v) is 5.13. The SMILES string of the molecule is COOc1[c]cccc1. The average molecular weight is 123 g/mol. The number of rotatable bonds is 2. The number of hydrogen-bond acceptors (Lipinski definition) is 2. The van der Waals surface area contributed by atoms with Crippen LogP contribution in [0.25, 0.3) is 0 Å². The van der Waals surface area contributed by atoms with Crippen molar-refractivity contribution in [2.24, 2.45) is 0 Å². The molecular weight excluding hydrogens is 116 g/mol. The molecule has 0 spiro atoms. The van der Waals surface area contributed by atoms with Crippen LogP contribution < -0.4 is 4.89 Å². The van der Waals surface area contributed by atoms with Gasteiger partial charge in [0.2, 0.25) is 0 Å². The second kappa shape index (κ2) is 3.10. The molecule has 9 heavy (non-hydrogen) atoms. The van der Waals surface area contributed by atoms with Crippen LogP contribution in [0.1, 0.15) is 0 Å². The molecule has 2 nitrogen and oxygen atoms in total. The van der Waals surface area contributed by atoms with Crippen molar-refractivity contribution in [1.82, 2.24) is 0 Å². The van der Waals surface area contributed by atoms with E-state index in [1.54, 1.807) is 12.1 Å². The van der Waals surface area contributed by atoms with Crippen LogP contribution in [-0.2, 0) is 4.89 Å². The van der Waals surface area contributed by atoms with Crippen LogP contribution in [0, 0.1) is 6.07 Å². The van der Waals surface area contributed by atoms with Gasteiger partial charge in [-0.3, -0.25) is 0 Å². The Morgan fingerprint density at radius 1 is 1.44 bits per heavy atom. The van der Waals surface area contributed by atoms with Gasteiger partial charge in [-0.05, 0) is 6.07 Å². The Morgan fingerprint density at radius 2 is 2.33 bits per heavy atom. The minimum absolute atomic E-state index is 0.597. The fourth-order valence-corrected chi connectivity index (χ4v) is 0.518. The molecule has 1 radical (unpaired) electrons. The zero-order valence-electron chi connectivity index (χ0n) is 5.13. The van der Waals surface area contributed by atoms with Crippen LogP contribution in [0.2, 0.25) is 0 Å². The molecule has 1 aromatic carbocycles. The molecule has 0 aromatic heterocycles. The zero-order chi connectivity index (χ0) is 6.53. The van der Waals surface area contributed by atoms with Crippen molar-refractivity contribution in [3.8, 4) is 5.75 Å². The average Bonchev–Trinajstić information content (AvgIpc) is 1.91. The van der Waals surface area contributed by atoms with E-state index in [1.165, 1.54) is 7.11 Å². The lowest BCUT2D eigenvalue weighted by atomic mass is 10.3. The van der Waals surface area contributed by atoms with Gasteiger partial charge in [0.15, 0.2) is 5.75 Å². The second-order valence-corrected chi connectivity index (χ2v) is 1.48. The Morgan fingerprint density at radius 3 is 2.89 bits per heavy atom. The molecule has 1 aromatic rings. The van der Waals surface area contributed by atoms with Crippen LogP contribution in [0.4, 0.5) is 0 Å². The molecule has 0 amide bonds. The molecule has 0 atom stereocenters. The predicted molar refractivity (Wildman–Crippen MR) is 32.9 cm³/mol. The lowest BCUT2D eigenvalue weighted by molar-refractivity contribution is -0.178. The van der Waals surface area contributed by atoms with Gasteiger partial charge in [0.1, 0.15) is 0 Å². The molecular formula is C7H7O2. The van der Waals surface area contributed by atoms with Gasteiger partial charge in [0.25, 0.3) is 0 Å². The van der Waals surface area contributed by atoms with E-state index >= 15 is 0 Å². The van der Waals surface area contributed by atoms with E-state index in [9.17, 15) is 0 Å². The standard InChI is InChI=1S/C7H7O2/c1-8-9-7-5-3-2-4-6-7/h2-5H,1H3. The maximum absolute atomic E-state index is 4.65. The summed E-state index contributed by atoms with van der Waals surface area (Å²) < 4.78 is 0. The third-order valence-electron chi connectivity index (χ3n) is 0.854. The van der Waals surface area contributed by atoms with Gasteiger partial charge in [-0.25, -0.2) is 0 Å². The summed E-state index contributed by atoms with van der Waals surface area (Å²) in [5, 5.41) is 0. The molecule has 0 aliphatic carbocycles. The van der Waals surface area contributed by atoms with E-state index in [-0.39, 0.29) is 0 Å². The van der Waals surface area contributed by atoms with Crippen LogP contribution in [-0.4, -0.2) is 7.11 Å². The molecule has 0 saturated carbocycles. The largest absolute Gasteiger partial charge is 0.337 e. The quantitative estimate of drug-likeness (QED) is 0.437. The van der Waals surface area contributed by atoms with Crippen LogP contribution in [0.15, 0.2) is 24.3 Å². The van der Waals surface area contributed by atoms with Gasteiger partial charge in [-0.15, -0.1) is 0 Å². The molecule has 0 fully saturated rings. The molecule has 0 unspecified atom stereocenters. The van der Waals surface area contributed by atoms with Gasteiger partial charge < -0.3 is 4.89 Å². The Balaban J connectivity index is 2.61. The minimum Gasteiger partial charge on any atom is -0.337 e. The van der Waals surface area contributed by atoms with E-state index in [0.717, 1.165) is 0 Å². The van der Waals surface area contributed by atoms with Gasteiger partial charge in [-0.2, -0.15) is 4.89 Å². The number of benzene rings is 1. The van der Waals surface area contributed by atoms with Crippen molar-refractivity contribution in [3.05, 3.63) is 30.3 Å². The molecule has 0 N–H and O–H groups in total. The van der Waals surface area contributed by atoms with Crippen molar-refractivity contribution in [1.29, 1.82) is 0 Å². The molecule has 47 valence electrons. The van der Waals surface area contributed by atoms with E-state index < -0.39 is 0 Å². The highest BCUT2D eigenvalue weighted by atomic mass is 17.2. The lowest BCUT2D eigenvalue weighted by Crippen LogP contribution is -1.88. The van der Waals surface area contributed by atoms with Crippen molar-refractivity contribution < 1.29 is 9.78 Å². The Labute approximate surface area is 54.0 Å². The van der Waals surface area contributed by atoms with E-state index in [4.69, 9.17) is 0 Å². The van der Waals surface area contributed by atoms with Crippen molar-refractivity contribution >= 4 is 0 Å². The Bertz CT molecular complexity index is 160. The van der Waals surface area contributed by atoms with Gasteiger partial charge >= 0.3 is 0 Å². The molecule has 0 heterocycles. The monoisotopic (exact) mass is 123 g/mol. The maximum Gasteiger partial charge on any atom is 0.173 e. The summed E-state index contributed by atoms with van der Waals surface area (Å²) >= 11 is 0. The fraction of sp³-hybridized carbons (Fsp3) is 0.143. The lowest BCUT2D eigenvalue weighted by Gasteiger charge is -1.96. The van der Waals surface area contributed by atoms with E-state index in [1.807, 2.05) is 12.1 Å². The van der Waals surface area contributed by atoms with Crippen LogP contribution in [0.3, 0.4) is 0 Å². The second-order valence-electron chi connectivity index (χ2n) is 1.48. The summed E-state index contributed by atoms with van der Waals surface area (Å²) in [6.45, 7) is 0. The van der Waals surface area contributed by atoms with E-state index in [0.29, 0.717) is 5.75 Å². The first-order valence-electron chi connectivity index (χ1n) is 2.61. The summed E-state index contributed by atoms with van der Waals surface area (Å²) in [5.41, 5.74) is 0. The molecule has 0 saturated heterocycles. The summed E-state index contributed by atoms with van der Waals surface area (Å²) in [6, 6.07) is 10.1. The maximum atomic E-state index is 4.65. The van der Waals surface area contributed by atoms with Crippen LogP contribution >= 0.6 is 0 Å². The molecule has 2 heteroatoms. The fourth-order valence-electron chi connectivity index (χ4n) is 0.518. The Hall–Kier alpha value is -1.02. The predicted octanol–water partition coefficient (Wildman–Crippen LogP) is 1.43. The molecule has 0 bridgehead atoms. The smallest absolute Gasteiger partial charge is 0.173 e. The number of hydrogen-bond donors (Lipinski definition) is 0. The van der Waals surface area contributed by atoms with Gasteiger partial charge in [-0.1, -0.05) is 18.2 Å². The summed E-state index contributed by atoms with van der Waals surface area (Å²) in [5.74, 6) is 0.597. The summed E-state index contributed by atoms with van der Waals surface area (Å²) in [6.07, 6.45) is 0. The molecule has 0 aliphatic heterocycles. The van der Waals surface area contributed by atoms with Crippen molar-refractivity contribution in [2.75, 3.05) is 7.11 Å². The first kappa shape index (κ1) is 6.11. The molecule has 1 rings (SSSR count). The third kappa shape index (κ3) is 1.74. The van der Waals surface area contributed by atoms with Crippen molar-refractivity contribution in [3.63, 3.8) is 0 Å². The normalized spacial score (nSPS) is 9.00. The van der Waals surface area contributed by atoms with E-state index in [2.05, 4.69) is 15.8 Å². The highest BCUT2D eigenvalue weighted by Crippen LogP contribution is 2.06. The highest BCUT2D eigenvalue weighted by Gasteiger charge is 1.86. The van der Waals surface area contributed by atoms with Gasteiger partial charge in [0.05, 0.1) is 7.11 Å². The topological polar surface area (TPSA) is 18.5 Å². The first-order valence-corrected chi connectivity index (χ1v) is 2.61. The number of para-hydroxylation sites is 1.